The van der Waals surface area contributed by atoms with Crippen molar-refractivity contribution in [2.45, 2.75) is 38.1 Å². The summed E-state index contributed by atoms with van der Waals surface area (Å²) in [4.78, 5) is 22.4. The standard InChI is InChI=1S/C14H22N4O2/c19-10-2-1-6-13(20)17-12-5-3-9-18(11-12)14-15-7-4-8-16-14/h4,7-8,12,19H,1-3,5-6,9-11H2,(H,17,20). The van der Waals surface area contributed by atoms with Crippen LogP contribution >= 0.6 is 0 Å². The molecule has 2 rings (SSSR count). The third kappa shape index (κ3) is 4.45. The largest absolute Gasteiger partial charge is 0.396 e. The first kappa shape index (κ1) is 14.7. The minimum Gasteiger partial charge on any atom is -0.396 e. The Labute approximate surface area is 119 Å². The molecule has 1 aromatic rings. The van der Waals surface area contributed by atoms with Crippen LogP contribution in [0.5, 0.6) is 0 Å². The van der Waals surface area contributed by atoms with Gasteiger partial charge in [-0.2, -0.15) is 0 Å². The van der Waals surface area contributed by atoms with Gasteiger partial charge in [0.25, 0.3) is 0 Å². The predicted octanol–water partition coefficient (Wildman–Crippen LogP) is 0.724. The number of piperidine rings is 1. The number of nitrogens with zero attached hydrogens (tertiary/aromatic N) is 3. The molecule has 2 N–H and O–H groups in total. The molecule has 1 aromatic heterocycles. The van der Waals surface area contributed by atoms with Gasteiger partial charge in [0.2, 0.25) is 11.9 Å². The second-order valence-electron chi connectivity index (χ2n) is 5.08. The number of rotatable bonds is 6. The first-order valence-electron chi connectivity index (χ1n) is 7.22. The lowest BCUT2D eigenvalue weighted by Crippen LogP contribution is -2.48. The quantitative estimate of drug-likeness (QED) is 0.750. The Kier molecular flexibility index (Phi) is 5.73. The van der Waals surface area contributed by atoms with Gasteiger partial charge in [0.1, 0.15) is 0 Å². The normalized spacial score (nSPS) is 18.9. The zero-order chi connectivity index (χ0) is 14.2. The molecule has 0 radical (unpaired) electrons. The van der Waals surface area contributed by atoms with Gasteiger partial charge < -0.3 is 15.3 Å². The SMILES string of the molecule is O=C(CCCCO)NC1CCCN(c2ncccn2)C1. The van der Waals surface area contributed by atoms with E-state index in [1.807, 2.05) is 0 Å². The highest BCUT2D eigenvalue weighted by Crippen LogP contribution is 2.15. The fraction of sp³-hybridized carbons (Fsp3) is 0.643. The van der Waals surface area contributed by atoms with Gasteiger partial charge >= 0.3 is 0 Å². The lowest BCUT2D eigenvalue weighted by molar-refractivity contribution is -0.122. The van der Waals surface area contributed by atoms with Crippen LogP contribution in [0.3, 0.4) is 0 Å². The van der Waals surface area contributed by atoms with Gasteiger partial charge in [0.05, 0.1) is 0 Å². The molecule has 110 valence electrons. The molecule has 1 amide bonds. The van der Waals surface area contributed by atoms with Gasteiger partial charge in [-0.05, 0) is 31.7 Å². The van der Waals surface area contributed by atoms with Crippen molar-refractivity contribution in [3.63, 3.8) is 0 Å². The molecule has 0 aromatic carbocycles. The molecule has 6 heteroatoms. The predicted molar refractivity (Wildman–Crippen MR) is 76.3 cm³/mol. The number of nitrogens with one attached hydrogen (secondary N) is 1. The van der Waals surface area contributed by atoms with Crippen LogP contribution in [-0.4, -0.2) is 46.7 Å². The van der Waals surface area contributed by atoms with Crippen molar-refractivity contribution in [3.8, 4) is 0 Å². The monoisotopic (exact) mass is 278 g/mol. The van der Waals surface area contributed by atoms with Crippen LogP contribution in [0.25, 0.3) is 0 Å². The smallest absolute Gasteiger partial charge is 0.225 e. The molecule has 0 aliphatic carbocycles. The van der Waals surface area contributed by atoms with Crippen LogP contribution in [-0.2, 0) is 4.79 Å². The molecule has 2 heterocycles. The van der Waals surface area contributed by atoms with E-state index >= 15 is 0 Å². The molecule has 1 aliphatic rings. The maximum Gasteiger partial charge on any atom is 0.225 e. The number of hydrogen-bond acceptors (Lipinski definition) is 5. The van der Waals surface area contributed by atoms with Crippen molar-refractivity contribution in [2.75, 3.05) is 24.6 Å². The number of hydrogen-bond donors (Lipinski definition) is 2. The lowest BCUT2D eigenvalue weighted by atomic mass is 10.1. The van der Waals surface area contributed by atoms with Crippen molar-refractivity contribution in [1.82, 2.24) is 15.3 Å². The average molecular weight is 278 g/mol. The van der Waals surface area contributed by atoms with E-state index in [9.17, 15) is 4.79 Å². The van der Waals surface area contributed by atoms with Crippen molar-refractivity contribution in [2.24, 2.45) is 0 Å². The summed E-state index contributed by atoms with van der Waals surface area (Å²) in [6.07, 6.45) is 7.40. The van der Waals surface area contributed by atoms with Crippen molar-refractivity contribution < 1.29 is 9.90 Å². The number of unbranched alkanes of at least 4 members (excludes halogenated alkanes) is 1. The molecule has 6 nitrogen and oxygen atoms in total. The Balaban J connectivity index is 1.80. The first-order valence-corrected chi connectivity index (χ1v) is 7.22. The van der Waals surface area contributed by atoms with Crippen LogP contribution < -0.4 is 10.2 Å². The molecule has 0 spiro atoms. The number of carbonyl (C=O) groups excluding carboxylic acids is 1. The number of anilines is 1. The third-order valence-electron chi connectivity index (χ3n) is 3.43. The fourth-order valence-electron chi connectivity index (χ4n) is 2.43. The second kappa shape index (κ2) is 7.79. The maximum atomic E-state index is 11.8. The van der Waals surface area contributed by atoms with Crippen molar-refractivity contribution in [1.29, 1.82) is 0 Å². The van der Waals surface area contributed by atoms with E-state index in [1.54, 1.807) is 18.5 Å². The van der Waals surface area contributed by atoms with Gasteiger partial charge in [0.15, 0.2) is 0 Å². The summed E-state index contributed by atoms with van der Waals surface area (Å²) in [7, 11) is 0. The Morgan fingerprint density at radius 3 is 2.95 bits per heavy atom. The summed E-state index contributed by atoms with van der Waals surface area (Å²) in [5.74, 6) is 0.797. The van der Waals surface area contributed by atoms with Crippen LogP contribution in [0.1, 0.15) is 32.1 Å². The summed E-state index contributed by atoms with van der Waals surface area (Å²) in [6.45, 7) is 1.84. The molecule has 0 bridgehead atoms. The maximum absolute atomic E-state index is 11.8. The van der Waals surface area contributed by atoms with E-state index < -0.39 is 0 Å². The van der Waals surface area contributed by atoms with Crippen LogP contribution in [0.4, 0.5) is 5.95 Å². The fourth-order valence-corrected chi connectivity index (χ4v) is 2.43. The molecular weight excluding hydrogens is 256 g/mol. The Bertz CT molecular complexity index is 413. The third-order valence-corrected chi connectivity index (χ3v) is 3.43. The second-order valence-corrected chi connectivity index (χ2v) is 5.08. The highest BCUT2D eigenvalue weighted by Gasteiger charge is 2.22. The summed E-state index contributed by atoms with van der Waals surface area (Å²) in [5, 5.41) is 11.8. The van der Waals surface area contributed by atoms with Gasteiger partial charge in [-0.1, -0.05) is 0 Å². The number of carbonyl (C=O) groups is 1. The average Bonchev–Trinajstić information content (AvgIpc) is 2.49. The summed E-state index contributed by atoms with van der Waals surface area (Å²) < 4.78 is 0. The highest BCUT2D eigenvalue weighted by molar-refractivity contribution is 5.76. The number of aliphatic hydroxyl groups excluding tert-OH is 1. The molecular formula is C14H22N4O2. The molecule has 1 saturated heterocycles. The topological polar surface area (TPSA) is 78.4 Å². The number of amides is 1. The molecule has 20 heavy (non-hydrogen) atoms. The number of aromatic nitrogens is 2. The summed E-state index contributed by atoms with van der Waals surface area (Å²) >= 11 is 0. The minimum atomic E-state index is 0.0688. The van der Waals surface area contributed by atoms with E-state index in [4.69, 9.17) is 5.11 Å². The van der Waals surface area contributed by atoms with Gasteiger partial charge in [-0.3, -0.25) is 4.79 Å². The van der Waals surface area contributed by atoms with Crippen LogP contribution in [0, 0.1) is 0 Å². The van der Waals surface area contributed by atoms with Crippen molar-refractivity contribution in [3.05, 3.63) is 18.5 Å². The van der Waals surface area contributed by atoms with E-state index in [1.165, 1.54) is 0 Å². The molecule has 1 atom stereocenters. The molecule has 1 aliphatic heterocycles. The van der Waals surface area contributed by atoms with Gasteiger partial charge in [-0.15, -0.1) is 0 Å². The zero-order valence-corrected chi connectivity index (χ0v) is 11.7. The Morgan fingerprint density at radius 2 is 2.20 bits per heavy atom. The molecule has 1 unspecified atom stereocenters. The van der Waals surface area contributed by atoms with E-state index in [0.29, 0.717) is 12.8 Å². The van der Waals surface area contributed by atoms with Crippen LogP contribution in [0.15, 0.2) is 18.5 Å². The van der Waals surface area contributed by atoms with Crippen LogP contribution in [0.2, 0.25) is 0 Å². The Morgan fingerprint density at radius 1 is 1.40 bits per heavy atom. The summed E-state index contributed by atoms with van der Waals surface area (Å²) in [5.41, 5.74) is 0. The van der Waals surface area contributed by atoms with E-state index in [2.05, 4.69) is 20.2 Å². The Hall–Kier alpha value is -1.69. The molecule has 0 saturated carbocycles. The van der Waals surface area contributed by atoms with Gasteiger partial charge in [0, 0.05) is 44.6 Å². The lowest BCUT2D eigenvalue weighted by Gasteiger charge is -2.33. The van der Waals surface area contributed by atoms with Gasteiger partial charge in [-0.25, -0.2) is 9.97 Å². The number of aliphatic hydroxyl groups is 1. The zero-order valence-electron chi connectivity index (χ0n) is 11.7. The van der Waals surface area contributed by atoms with E-state index in [0.717, 1.165) is 38.3 Å². The first-order chi connectivity index (χ1) is 9.79. The van der Waals surface area contributed by atoms with Crippen molar-refractivity contribution >= 4 is 11.9 Å². The highest BCUT2D eigenvalue weighted by atomic mass is 16.3. The molecule has 1 fully saturated rings. The summed E-state index contributed by atoms with van der Waals surface area (Å²) in [6, 6.07) is 1.96. The van der Waals surface area contributed by atoms with E-state index in [-0.39, 0.29) is 18.6 Å². The minimum absolute atomic E-state index is 0.0688.